The van der Waals surface area contributed by atoms with E-state index in [0.717, 1.165) is 11.1 Å². The summed E-state index contributed by atoms with van der Waals surface area (Å²) >= 11 is 6.41. The molecule has 1 amide bonds. The van der Waals surface area contributed by atoms with Crippen LogP contribution < -0.4 is 4.74 Å². The number of ether oxygens (including phenoxy) is 1. The first kappa shape index (κ1) is 16.7. The van der Waals surface area contributed by atoms with E-state index in [0.29, 0.717) is 21.6 Å². The Hall–Kier alpha value is -2.18. The van der Waals surface area contributed by atoms with Crippen LogP contribution in [0.2, 0.25) is 0 Å². The highest BCUT2D eigenvalue weighted by Crippen LogP contribution is 2.31. The molecule has 0 N–H and O–H groups in total. The van der Waals surface area contributed by atoms with Gasteiger partial charge in [0.25, 0.3) is 5.91 Å². The van der Waals surface area contributed by atoms with Crippen molar-refractivity contribution < 1.29 is 13.9 Å². The molecule has 6 heteroatoms. The van der Waals surface area contributed by atoms with Gasteiger partial charge in [0.2, 0.25) is 0 Å². The molecular weight excluding hydrogens is 345 g/mol. The molecule has 1 aliphatic heterocycles. The minimum absolute atomic E-state index is 0.0948. The zero-order valence-corrected chi connectivity index (χ0v) is 14.5. The van der Waals surface area contributed by atoms with Gasteiger partial charge in [0.05, 0.1) is 4.91 Å². The van der Waals surface area contributed by atoms with Crippen molar-refractivity contribution in [3.8, 4) is 5.75 Å². The lowest BCUT2D eigenvalue weighted by Gasteiger charge is -2.07. The summed E-state index contributed by atoms with van der Waals surface area (Å²) in [6.45, 7) is 0.348. The Morgan fingerprint density at radius 3 is 2.67 bits per heavy atom. The van der Waals surface area contributed by atoms with Gasteiger partial charge in [0.15, 0.2) is 0 Å². The SMILES string of the molecule is CN1C(=O)/C(=C\c2cccc(OCc3ccc(F)cc3)c2)SC1=S. The first-order chi connectivity index (χ1) is 11.5. The lowest BCUT2D eigenvalue weighted by Crippen LogP contribution is -2.22. The summed E-state index contributed by atoms with van der Waals surface area (Å²) in [5.74, 6) is 0.316. The number of amides is 1. The van der Waals surface area contributed by atoms with Crippen LogP contribution in [0.3, 0.4) is 0 Å². The van der Waals surface area contributed by atoms with Gasteiger partial charge in [-0.15, -0.1) is 0 Å². The Morgan fingerprint density at radius 1 is 1.25 bits per heavy atom. The van der Waals surface area contributed by atoms with E-state index in [-0.39, 0.29) is 11.7 Å². The molecule has 0 bridgehead atoms. The van der Waals surface area contributed by atoms with Gasteiger partial charge in [-0.1, -0.05) is 48.2 Å². The summed E-state index contributed by atoms with van der Waals surface area (Å²) < 4.78 is 19.2. The summed E-state index contributed by atoms with van der Waals surface area (Å²) in [5, 5.41) is 0. The predicted molar refractivity (Wildman–Crippen MR) is 98.1 cm³/mol. The minimum atomic E-state index is -0.269. The number of hydrogen-bond acceptors (Lipinski definition) is 4. The van der Waals surface area contributed by atoms with Gasteiger partial charge in [-0.2, -0.15) is 0 Å². The molecular formula is C18H14FNO2S2. The zero-order chi connectivity index (χ0) is 17.1. The maximum Gasteiger partial charge on any atom is 0.265 e. The zero-order valence-electron chi connectivity index (χ0n) is 12.9. The summed E-state index contributed by atoms with van der Waals surface area (Å²) in [6, 6.07) is 13.6. The number of thiocarbonyl (C=S) groups is 1. The molecule has 3 nitrogen and oxygen atoms in total. The third-order valence-electron chi connectivity index (χ3n) is 3.46. The monoisotopic (exact) mass is 359 g/mol. The highest BCUT2D eigenvalue weighted by atomic mass is 32.2. The normalized spacial score (nSPS) is 16.1. The maximum atomic E-state index is 12.9. The van der Waals surface area contributed by atoms with Crippen LogP contribution in [0.25, 0.3) is 6.08 Å². The van der Waals surface area contributed by atoms with Crippen LogP contribution in [0.4, 0.5) is 4.39 Å². The van der Waals surface area contributed by atoms with Crippen molar-refractivity contribution in [2.75, 3.05) is 7.05 Å². The summed E-state index contributed by atoms with van der Waals surface area (Å²) in [5.41, 5.74) is 1.74. The second-order valence-corrected chi connectivity index (χ2v) is 6.90. The third kappa shape index (κ3) is 3.83. The van der Waals surface area contributed by atoms with Crippen LogP contribution in [0, 0.1) is 5.82 Å². The van der Waals surface area contributed by atoms with Crippen LogP contribution >= 0.6 is 24.0 Å². The molecule has 122 valence electrons. The molecule has 0 aromatic heterocycles. The standard InChI is InChI=1S/C18H14FNO2S2/c1-20-17(21)16(24-18(20)23)10-13-3-2-4-15(9-13)22-11-12-5-7-14(19)8-6-12/h2-10H,11H2,1H3/b16-10+. The number of benzene rings is 2. The Labute approximate surface area is 149 Å². The lowest BCUT2D eigenvalue weighted by molar-refractivity contribution is -0.121. The number of halogens is 1. The Morgan fingerprint density at radius 2 is 2.00 bits per heavy atom. The van der Waals surface area contributed by atoms with E-state index in [4.69, 9.17) is 17.0 Å². The molecule has 24 heavy (non-hydrogen) atoms. The van der Waals surface area contributed by atoms with Crippen molar-refractivity contribution in [1.82, 2.24) is 4.90 Å². The maximum absolute atomic E-state index is 12.9. The number of carbonyl (C=O) groups is 1. The number of nitrogens with zero attached hydrogens (tertiary/aromatic N) is 1. The lowest BCUT2D eigenvalue weighted by atomic mass is 10.2. The number of rotatable bonds is 4. The van der Waals surface area contributed by atoms with Gasteiger partial charge in [-0.05, 0) is 41.5 Å². The molecule has 2 aromatic rings. The highest BCUT2D eigenvalue weighted by molar-refractivity contribution is 8.26. The molecule has 1 aliphatic rings. The van der Waals surface area contributed by atoms with E-state index >= 15 is 0 Å². The van der Waals surface area contributed by atoms with Gasteiger partial charge in [0.1, 0.15) is 22.5 Å². The quantitative estimate of drug-likeness (QED) is 0.603. The van der Waals surface area contributed by atoms with Crippen molar-refractivity contribution >= 4 is 40.3 Å². The Balaban J connectivity index is 1.71. The fourth-order valence-electron chi connectivity index (χ4n) is 2.14. The molecule has 0 spiro atoms. The fraction of sp³-hybridized carbons (Fsp3) is 0.111. The van der Waals surface area contributed by atoms with Crippen LogP contribution in [-0.4, -0.2) is 22.2 Å². The Kier molecular flexibility index (Phi) is 4.97. The third-order valence-corrected chi connectivity index (χ3v) is 4.95. The summed E-state index contributed by atoms with van der Waals surface area (Å²) in [6.07, 6.45) is 1.80. The van der Waals surface area contributed by atoms with Gasteiger partial charge < -0.3 is 4.74 Å². The Bertz CT molecular complexity index is 818. The van der Waals surface area contributed by atoms with Crippen molar-refractivity contribution in [2.24, 2.45) is 0 Å². The van der Waals surface area contributed by atoms with E-state index in [1.165, 1.54) is 28.8 Å². The van der Waals surface area contributed by atoms with Gasteiger partial charge in [-0.3, -0.25) is 9.69 Å². The van der Waals surface area contributed by atoms with Crippen LogP contribution in [0.5, 0.6) is 5.75 Å². The number of hydrogen-bond donors (Lipinski definition) is 0. The van der Waals surface area contributed by atoms with Gasteiger partial charge in [-0.25, -0.2) is 4.39 Å². The molecule has 3 rings (SSSR count). The molecule has 1 saturated heterocycles. The number of carbonyl (C=O) groups excluding carboxylic acids is 1. The molecule has 0 radical (unpaired) electrons. The first-order valence-electron chi connectivity index (χ1n) is 7.22. The molecule has 2 aromatic carbocycles. The molecule has 0 saturated carbocycles. The van der Waals surface area contributed by atoms with Crippen molar-refractivity contribution in [2.45, 2.75) is 6.61 Å². The minimum Gasteiger partial charge on any atom is -0.489 e. The summed E-state index contributed by atoms with van der Waals surface area (Å²) in [7, 11) is 1.67. The fourth-order valence-corrected chi connectivity index (χ4v) is 3.32. The topological polar surface area (TPSA) is 29.5 Å². The van der Waals surface area contributed by atoms with E-state index in [9.17, 15) is 9.18 Å². The van der Waals surface area contributed by atoms with E-state index in [1.807, 2.05) is 24.3 Å². The van der Waals surface area contributed by atoms with E-state index in [2.05, 4.69) is 0 Å². The van der Waals surface area contributed by atoms with Crippen LogP contribution in [0.1, 0.15) is 11.1 Å². The van der Waals surface area contributed by atoms with Crippen molar-refractivity contribution in [3.63, 3.8) is 0 Å². The number of thioether (sulfide) groups is 1. The largest absolute Gasteiger partial charge is 0.489 e. The first-order valence-corrected chi connectivity index (χ1v) is 8.44. The molecule has 0 unspecified atom stereocenters. The van der Waals surface area contributed by atoms with Crippen LogP contribution in [-0.2, 0) is 11.4 Å². The summed E-state index contributed by atoms with van der Waals surface area (Å²) in [4.78, 5) is 14.1. The van der Waals surface area contributed by atoms with Gasteiger partial charge >= 0.3 is 0 Å². The second-order valence-electron chi connectivity index (χ2n) is 5.23. The molecule has 0 atom stereocenters. The molecule has 1 heterocycles. The second kappa shape index (κ2) is 7.15. The highest BCUT2D eigenvalue weighted by Gasteiger charge is 2.28. The number of likely N-dealkylation sites (N-methyl/N-ethyl adjacent to an activating group) is 1. The van der Waals surface area contributed by atoms with E-state index in [1.54, 1.807) is 25.3 Å². The average molecular weight is 359 g/mol. The van der Waals surface area contributed by atoms with E-state index < -0.39 is 0 Å². The molecule has 1 fully saturated rings. The van der Waals surface area contributed by atoms with Crippen LogP contribution in [0.15, 0.2) is 53.4 Å². The smallest absolute Gasteiger partial charge is 0.265 e. The van der Waals surface area contributed by atoms with Gasteiger partial charge in [0, 0.05) is 7.05 Å². The van der Waals surface area contributed by atoms with Crippen molar-refractivity contribution in [1.29, 1.82) is 0 Å². The average Bonchev–Trinajstić information content (AvgIpc) is 2.82. The molecule has 0 aliphatic carbocycles. The predicted octanol–water partition coefficient (Wildman–Crippen LogP) is 4.24. The van der Waals surface area contributed by atoms with Crippen molar-refractivity contribution in [3.05, 3.63) is 70.4 Å².